The van der Waals surface area contributed by atoms with E-state index in [-0.39, 0.29) is 4.83 Å². The van der Waals surface area contributed by atoms with Gasteiger partial charge in [-0.1, -0.05) is 39.1 Å². The molecule has 17 heavy (non-hydrogen) atoms. The minimum absolute atomic E-state index is 0.0582. The lowest BCUT2D eigenvalue weighted by Gasteiger charge is -2.12. The van der Waals surface area contributed by atoms with Gasteiger partial charge in [-0.2, -0.15) is 0 Å². The van der Waals surface area contributed by atoms with Crippen LogP contribution in [0.4, 0.5) is 0 Å². The van der Waals surface area contributed by atoms with Gasteiger partial charge in [0.25, 0.3) is 0 Å². The molecular formula is C12H9BrCl2O2. The molecule has 0 bridgehead atoms. The summed E-state index contributed by atoms with van der Waals surface area (Å²) in [5.74, 6) is 0.562. The van der Waals surface area contributed by atoms with Crippen LogP contribution in [0.2, 0.25) is 10.0 Å². The summed E-state index contributed by atoms with van der Waals surface area (Å²) in [7, 11) is 1.55. The van der Waals surface area contributed by atoms with Gasteiger partial charge in [-0.05, 0) is 17.7 Å². The van der Waals surface area contributed by atoms with Crippen LogP contribution >= 0.6 is 39.1 Å². The summed E-state index contributed by atoms with van der Waals surface area (Å²) in [5.41, 5.74) is 1.85. The van der Waals surface area contributed by atoms with Gasteiger partial charge in [-0.25, -0.2) is 0 Å². The molecule has 0 radical (unpaired) electrons. The first-order valence-corrected chi connectivity index (χ1v) is 6.49. The van der Waals surface area contributed by atoms with Crippen molar-refractivity contribution >= 4 is 39.1 Å². The molecule has 90 valence electrons. The third kappa shape index (κ3) is 2.62. The van der Waals surface area contributed by atoms with Crippen LogP contribution in [0.3, 0.4) is 0 Å². The van der Waals surface area contributed by atoms with Crippen molar-refractivity contribution in [2.24, 2.45) is 0 Å². The van der Waals surface area contributed by atoms with Crippen molar-refractivity contribution in [2.75, 3.05) is 7.11 Å². The fourth-order valence-electron chi connectivity index (χ4n) is 1.49. The van der Waals surface area contributed by atoms with Gasteiger partial charge in [-0.3, -0.25) is 0 Å². The number of halogens is 3. The van der Waals surface area contributed by atoms with Gasteiger partial charge in [0.2, 0.25) is 0 Å². The van der Waals surface area contributed by atoms with E-state index < -0.39 is 0 Å². The lowest BCUT2D eigenvalue weighted by molar-refractivity contribution is 0.415. The first-order chi connectivity index (χ1) is 8.13. The minimum atomic E-state index is -0.0582. The van der Waals surface area contributed by atoms with Crippen molar-refractivity contribution < 1.29 is 9.15 Å². The normalized spacial score (nSPS) is 12.5. The van der Waals surface area contributed by atoms with Crippen molar-refractivity contribution in [3.63, 3.8) is 0 Å². The molecule has 1 aromatic carbocycles. The molecule has 0 spiro atoms. The lowest BCUT2D eigenvalue weighted by Crippen LogP contribution is -1.94. The Morgan fingerprint density at radius 3 is 2.65 bits per heavy atom. The number of ether oxygens (including phenoxy) is 1. The SMILES string of the molecule is COc1cc(Cl)c(C(Br)c2ccoc2)cc1Cl. The van der Waals surface area contributed by atoms with Crippen molar-refractivity contribution in [3.8, 4) is 5.75 Å². The van der Waals surface area contributed by atoms with E-state index in [1.807, 2.05) is 6.07 Å². The van der Waals surface area contributed by atoms with Gasteiger partial charge in [0.1, 0.15) is 5.75 Å². The molecule has 2 nitrogen and oxygen atoms in total. The van der Waals surface area contributed by atoms with Crippen LogP contribution in [0.25, 0.3) is 0 Å². The summed E-state index contributed by atoms with van der Waals surface area (Å²) >= 11 is 15.8. The van der Waals surface area contributed by atoms with Gasteiger partial charge in [-0.15, -0.1) is 0 Å². The van der Waals surface area contributed by atoms with Crippen LogP contribution in [-0.2, 0) is 0 Å². The minimum Gasteiger partial charge on any atom is -0.495 e. The Labute approximate surface area is 118 Å². The Hall–Kier alpha value is -0.640. The zero-order valence-electron chi connectivity index (χ0n) is 8.91. The van der Waals surface area contributed by atoms with Gasteiger partial charge >= 0.3 is 0 Å². The number of alkyl halides is 1. The number of benzene rings is 1. The molecule has 0 aliphatic rings. The molecular weight excluding hydrogens is 327 g/mol. The van der Waals surface area contributed by atoms with Crippen molar-refractivity contribution in [2.45, 2.75) is 4.83 Å². The number of hydrogen-bond donors (Lipinski definition) is 0. The first kappa shape index (κ1) is 12.8. The largest absolute Gasteiger partial charge is 0.495 e. The highest BCUT2D eigenvalue weighted by molar-refractivity contribution is 9.09. The third-order valence-electron chi connectivity index (χ3n) is 2.38. The van der Waals surface area contributed by atoms with E-state index in [2.05, 4.69) is 15.9 Å². The fraction of sp³-hybridized carbons (Fsp3) is 0.167. The number of furan rings is 1. The molecule has 1 unspecified atom stereocenters. The number of rotatable bonds is 3. The predicted molar refractivity (Wildman–Crippen MR) is 72.5 cm³/mol. The molecule has 5 heteroatoms. The van der Waals surface area contributed by atoms with E-state index in [1.165, 1.54) is 0 Å². The number of methoxy groups -OCH3 is 1. The Kier molecular flexibility index (Phi) is 4.02. The van der Waals surface area contributed by atoms with Crippen LogP contribution < -0.4 is 4.74 Å². The second-order valence-corrected chi connectivity index (χ2v) is 5.16. The molecule has 0 saturated heterocycles. The molecule has 1 atom stereocenters. The standard InChI is InChI=1S/C12H9BrCl2O2/c1-16-11-5-9(14)8(4-10(11)15)12(13)7-2-3-17-6-7/h2-6,12H,1H3. The molecule has 1 heterocycles. The van der Waals surface area contributed by atoms with Gasteiger partial charge in [0.15, 0.2) is 0 Å². The van der Waals surface area contributed by atoms with Crippen LogP contribution in [0.1, 0.15) is 16.0 Å². The summed E-state index contributed by atoms with van der Waals surface area (Å²) in [6.07, 6.45) is 3.27. The maximum Gasteiger partial charge on any atom is 0.138 e. The fourth-order valence-corrected chi connectivity index (χ4v) is 2.78. The summed E-state index contributed by atoms with van der Waals surface area (Å²) in [6, 6.07) is 5.36. The Balaban J connectivity index is 2.42. The zero-order valence-corrected chi connectivity index (χ0v) is 12.0. The highest BCUT2D eigenvalue weighted by atomic mass is 79.9. The van der Waals surface area contributed by atoms with Crippen LogP contribution in [0.5, 0.6) is 5.75 Å². The van der Waals surface area contributed by atoms with E-state index >= 15 is 0 Å². The van der Waals surface area contributed by atoms with Crippen molar-refractivity contribution in [1.82, 2.24) is 0 Å². The second kappa shape index (κ2) is 5.34. The summed E-state index contributed by atoms with van der Waals surface area (Å²) < 4.78 is 10.1. The maximum absolute atomic E-state index is 6.19. The van der Waals surface area contributed by atoms with E-state index in [4.69, 9.17) is 32.4 Å². The predicted octanol–water partition coefficient (Wildman–Crippen LogP) is 5.08. The summed E-state index contributed by atoms with van der Waals surface area (Å²) in [6.45, 7) is 0. The maximum atomic E-state index is 6.19. The molecule has 0 N–H and O–H groups in total. The highest BCUT2D eigenvalue weighted by Crippen LogP contribution is 2.40. The van der Waals surface area contributed by atoms with Crippen molar-refractivity contribution in [3.05, 3.63) is 51.9 Å². The Morgan fingerprint density at radius 1 is 1.29 bits per heavy atom. The van der Waals surface area contributed by atoms with Gasteiger partial charge in [0.05, 0.1) is 29.5 Å². The number of hydrogen-bond acceptors (Lipinski definition) is 2. The molecule has 0 fully saturated rings. The first-order valence-electron chi connectivity index (χ1n) is 4.82. The second-order valence-electron chi connectivity index (χ2n) is 3.43. The van der Waals surface area contributed by atoms with E-state index in [9.17, 15) is 0 Å². The topological polar surface area (TPSA) is 22.4 Å². The highest BCUT2D eigenvalue weighted by Gasteiger charge is 2.17. The molecule has 0 aliphatic carbocycles. The Bertz CT molecular complexity index is 511. The average Bonchev–Trinajstić information content (AvgIpc) is 2.84. The molecule has 0 saturated carbocycles. The van der Waals surface area contributed by atoms with Gasteiger partial charge < -0.3 is 9.15 Å². The van der Waals surface area contributed by atoms with Crippen LogP contribution in [0.15, 0.2) is 35.1 Å². The van der Waals surface area contributed by atoms with Crippen molar-refractivity contribution in [1.29, 1.82) is 0 Å². The molecule has 2 aromatic rings. The average molecular weight is 336 g/mol. The van der Waals surface area contributed by atoms with E-state index in [1.54, 1.807) is 31.8 Å². The molecule has 0 amide bonds. The third-order valence-corrected chi connectivity index (χ3v) is 4.02. The lowest BCUT2D eigenvalue weighted by atomic mass is 10.1. The molecule has 2 rings (SSSR count). The quantitative estimate of drug-likeness (QED) is 0.730. The van der Waals surface area contributed by atoms with Crippen LogP contribution in [0, 0.1) is 0 Å². The summed E-state index contributed by atoms with van der Waals surface area (Å²) in [5, 5.41) is 1.12. The van der Waals surface area contributed by atoms with E-state index in [0.29, 0.717) is 15.8 Å². The monoisotopic (exact) mass is 334 g/mol. The van der Waals surface area contributed by atoms with E-state index in [0.717, 1.165) is 11.1 Å². The van der Waals surface area contributed by atoms with Crippen LogP contribution in [-0.4, -0.2) is 7.11 Å². The molecule has 0 aliphatic heterocycles. The zero-order chi connectivity index (χ0) is 12.4. The molecule has 1 aromatic heterocycles. The smallest absolute Gasteiger partial charge is 0.138 e. The van der Waals surface area contributed by atoms with Gasteiger partial charge in [0, 0.05) is 16.7 Å². The Morgan fingerprint density at radius 2 is 2.06 bits per heavy atom. The summed E-state index contributed by atoms with van der Waals surface area (Å²) in [4.78, 5) is -0.0582.